The Bertz CT molecular complexity index is 793. The highest BCUT2D eigenvalue weighted by molar-refractivity contribution is 7.91. The van der Waals surface area contributed by atoms with Crippen LogP contribution in [-0.4, -0.2) is 32.5 Å². The lowest BCUT2D eigenvalue weighted by Crippen LogP contribution is -2.43. The zero-order chi connectivity index (χ0) is 18.9. The van der Waals surface area contributed by atoms with Crippen LogP contribution in [0.5, 0.6) is 0 Å². The predicted molar refractivity (Wildman–Crippen MR) is 106 cm³/mol. The molecule has 1 aliphatic heterocycles. The molecule has 26 heavy (non-hydrogen) atoms. The van der Waals surface area contributed by atoms with Crippen molar-refractivity contribution in [1.29, 1.82) is 5.26 Å². The van der Waals surface area contributed by atoms with Gasteiger partial charge in [-0.15, -0.1) is 0 Å². The lowest BCUT2D eigenvalue weighted by atomic mass is 9.65. The summed E-state index contributed by atoms with van der Waals surface area (Å²) in [5.74, 6) is 0.952. The number of hydrogen-bond donors (Lipinski definition) is 1. The molecule has 0 amide bonds. The Kier molecular flexibility index (Phi) is 5.21. The van der Waals surface area contributed by atoms with E-state index in [9.17, 15) is 13.7 Å². The molecule has 0 unspecified atom stereocenters. The summed E-state index contributed by atoms with van der Waals surface area (Å²) in [6, 6.07) is 8.71. The summed E-state index contributed by atoms with van der Waals surface area (Å²) in [5.41, 5.74) is 8.73. The quantitative estimate of drug-likeness (QED) is 0.798. The summed E-state index contributed by atoms with van der Waals surface area (Å²) < 4.78 is 23.6. The fourth-order valence-electron chi connectivity index (χ4n) is 4.14. The molecule has 0 radical (unpaired) electrons. The second-order valence-electron chi connectivity index (χ2n) is 8.25. The standard InChI is InChI=1S/C20H29N3O2S/c1-15(2)13-23(17-6-10-26(24,25)11-7-17)19-5-4-16(12-18(19)22)20(14-21)8-3-9-20/h4-5,12,15,17H,3,6-11,13,22H2,1-2H3. The first kappa shape index (κ1) is 19.0. The van der Waals surface area contributed by atoms with E-state index in [0.717, 1.165) is 37.1 Å². The Morgan fingerprint density at radius 1 is 1.31 bits per heavy atom. The maximum Gasteiger partial charge on any atom is 0.150 e. The number of anilines is 2. The molecule has 2 fully saturated rings. The fraction of sp³-hybridized carbons (Fsp3) is 0.650. The molecule has 5 nitrogen and oxygen atoms in total. The van der Waals surface area contributed by atoms with Crippen LogP contribution in [0.1, 0.15) is 51.5 Å². The number of benzene rings is 1. The van der Waals surface area contributed by atoms with E-state index in [4.69, 9.17) is 5.73 Å². The summed E-state index contributed by atoms with van der Waals surface area (Å²) >= 11 is 0. The fourth-order valence-corrected chi connectivity index (χ4v) is 5.60. The molecule has 142 valence electrons. The molecule has 3 rings (SSSR count). The van der Waals surface area contributed by atoms with Crippen molar-refractivity contribution < 1.29 is 8.42 Å². The third-order valence-corrected chi connectivity index (χ3v) is 7.55. The minimum Gasteiger partial charge on any atom is -0.397 e. The molecule has 2 aliphatic rings. The van der Waals surface area contributed by atoms with E-state index < -0.39 is 9.84 Å². The Labute approximate surface area is 157 Å². The van der Waals surface area contributed by atoms with Crippen LogP contribution in [0.25, 0.3) is 0 Å². The Hall–Kier alpha value is -1.74. The molecule has 0 aromatic heterocycles. The van der Waals surface area contributed by atoms with Crippen molar-refractivity contribution in [2.24, 2.45) is 5.92 Å². The number of rotatable bonds is 5. The van der Waals surface area contributed by atoms with E-state index in [1.165, 1.54) is 0 Å². The van der Waals surface area contributed by atoms with Crippen LogP contribution in [0.15, 0.2) is 18.2 Å². The first-order chi connectivity index (χ1) is 12.3. The van der Waals surface area contributed by atoms with E-state index >= 15 is 0 Å². The molecule has 0 atom stereocenters. The maximum atomic E-state index is 11.8. The molecular formula is C20H29N3O2S. The molecule has 0 spiro atoms. The maximum absolute atomic E-state index is 11.8. The molecule has 1 saturated heterocycles. The average molecular weight is 376 g/mol. The molecule has 2 N–H and O–H groups in total. The van der Waals surface area contributed by atoms with E-state index in [1.54, 1.807) is 0 Å². The van der Waals surface area contributed by atoms with Gasteiger partial charge in [0.15, 0.2) is 0 Å². The van der Waals surface area contributed by atoms with E-state index in [1.807, 2.05) is 18.2 Å². The monoisotopic (exact) mass is 375 g/mol. The van der Waals surface area contributed by atoms with E-state index in [0.29, 0.717) is 24.4 Å². The van der Waals surface area contributed by atoms with Gasteiger partial charge in [0.05, 0.1) is 34.4 Å². The highest BCUT2D eigenvalue weighted by atomic mass is 32.2. The lowest BCUT2D eigenvalue weighted by Gasteiger charge is -2.39. The first-order valence-electron chi connectivity index (χ1n) is 9.55. The molecule has 1 saturated carbocycles. The largest absolute Gasteiger partial charge is 0.397 e. The zero-order valence-corrected chi connectivity index (χ0v) is 16.6. The number of nitrogens with zero attached hydrogens (tertiary/aromatic N) is 2. The van der Waals surface area contributed by atoms with Crippen molar-refractivity contribution in [3.63, 3.8) is 0 Å². The smallest absolute Gasteiger partial charge is 0.150 e. The number of sulfone groups is 1. The molecule has 1 heterocycles. The van der Waals surface area contributed by atoms with Gasteiger partial charge in [0.25, 0.3) is 0 Å². The molecular weight excluding hydrogens is 346 g/mol. The minimum atomic E-state index is -2.89. The van der Waals surface area contributed by atoms with Crippen LogP contribution < -0.4 is 10.6 Å². The second-order valence-corrected chi connectivity index (χ2v) is 10.6. The van der Waals surface area contributed by atoms with Crippen molar-refractivity contribution in [3.8, 4) is 6.07 Å². The minimum absolute atomic E-state index is 0.197. The first-order valence-corrected chi connectivity index (χ1v) is 11.4. The van der Waals surface area contributed by atoms with Crippen LogP contribution in [0, 0.1) is 17.2 Å². The summed E-state index contributed by atoms with van der Waals surface area (Å²) in [5, 5.41) is 9.57. The second kappa shape index (κ2) is 7.11. The van der Waals surface area contributed by atoms with E-state index in [2.05, 4.69) is 24.8 Å². The summed E-state index contributed by atoms with van der Waals surface area (Å²) in [7, 11) is -2.89. The van der Waals surface area contributed by atoms with Crippen molar-refractivity contribution in [3.05, 3.63) is 23.8 Å². The van der Waals surface area contributed by atoms with Gasteiger partial charge < -0.3 is 10.6 Å². The number of hydrogen-bond acceptors (Lipinski definition) is 5. The normalized spacial score (nSPS) is 21.8. The van der Waals surface area contributed by atoms with Crippen molar-refractivity contribution >= 4 is 21.2 Å². The lowest BCUT2D eigenvalue weighted by molar-refractivity contribution is 0.324. The molecule has 6 heteroatoms. The van der Waals surface area contributed by atoms with Crippen LogP contribution in [-0.2, 0) is 15.3 Å². The van der Waals surface area contributed by atoms with Crippen LogP contribution in [0.3, 0.4) is 0 Å². The van der Waals surface area contributed by atoms with Gasteiger partial charge in [0.2, 0.25) is 0 Å². The van der Waals surface area contributed by atoms with Crippen molar-refractivity contribution in [2.75, 3.05) is 28.7 Å². The van der Waals surface area contributed by atoms with Crippen LogP contribution in [0.2, 0.25) is 0 Å². The van der Waals surface area contributed by atoms with E-state index in [-0.39, 0.29) is 23.0 Å². The Morgan fingerprint density at radius 3 is 2.42 bits per heavy atom. The third-order valence-electron chi connectivity index (χ3n) is 5.84. The Balaban J connectivity index is 1.88. The SMILES string of the molecule is CC(C)CN(c1ccc(C2(C#N)CCC2)cc1N)C1CCS(=O)(=O)CC1. The molecule has 1 aromatic carbocycles. The summed E-state index contributed by atoms with van der Waals surface area (Å²) in [4.78, 5) is 2.29. The zero-order valence-electron chi connectivity index (χ0n) is 15.7. The van der Waals surface area contributed by atoms with Gasteiger partial charge in [-0.25, -0.2) is 8.42 Å². The van der Waals surface area contributed by atoms with Gasteiger partial charge in [-0.05, 0) is 55.7 Å². The van der Waals surface area contributed by atoms with Gasteiger partial charge in [0, 0.05) is 12.6 Å². The van der Waals surface area contributed by atoms with Crippen LogP contribution >= 0.6 is 0 Å². The molecule has 1 aromatic rings. The number of nitrogen functional groups attached to an aromatic ring is 1. The highest BCUT2D eigenvalue weighted by Crippen LogP contribution is 2.45. The third kappa shape index (κ3) is 3.68. The van der Waals surface area contributed by atoms with Crippen LogP contribution in [0.4, 0.5) is 11.4 Å². The van der Waals surface area contributed by atoms with Gasteiger partial charge in [-0.2, -0.15) is 5.26 Å². The summed E-state index contributed by atoms with van der Waals surface area (Å²) in [6.07, 6.45) is 4.19. The van der Waals surface area contributed by atoms with Crippen molar-refractivity contribution in [1.82, 2.24) is 0 Å². The highest BCUT2D eigenvalue weighted by Gasteiger charge is 2.39. The molecule has 0 bridgehead atoms. The molecule has 1 aliphatic carbocycles. The van der Waals surface area contributed by atoms with Gasteiger partial charge in [-0.1, -0.05) is 19.9 Å². The average Bonchev–Trinajstić information content (AvgIpc) is 2.53. The predicted octanol–water partition coefficient (Wildman–Crippen LogP) is 3.25. The number of nitriles is 1. The van der Waals surface area contributed by atoms with Crippen molar-refractivity contribution in [2.45, 2.75) is 57.4 Å². The number of nitrogens with two attached hydrogens (primary N) is 1. The van der Waals surface area contributed by atoms with Gasteiger partial charge in [-0.3, -0.25) is 0 Å². The van der Waals surface area contributed by atoms with Gasteiger partial charge in [0.1, 0.15) is 9.84 Å². The summed E-state index contributed by atoms with van der Waals surface area (Å²) in [6.45, 7) is 5.17. The Morgan fingerprint density at radius 2 is 1.96 bits per heavy atom. The topological polar surface area (TPSA) is 87.2 Å². The van der Waals surface area contributed by atoms with Gasteiger partial charge >= 0.3 is 0 Å².